The van der Waals surface area contributed by atoms with Gasteiger partial charge in [-0.15, -0.1) is 0 Å². The first-order valence-electron chi connectivity index (χ1n) is 13.5. The molecule has 40 heavy (non-hydrogen) atoms. The van der Waals surface area contributed by atoms with Crippen molar-refractivity contribution in [3.63, 3.8) is 0 Å². The molecule has 0 aliphatic rings. The molecule has 1 N–H and O–H groups in total. The van der Waals surface area contributed by atoms with Crippen LogP contribution in [0.4, 0.5) is 0 Å². The van der Waals surface area contributed by atoms with Crippen molar-refractivity contribution in [3.8, 4) is 5.75 Å². The van der Waals surface area contributed by atoms with Crippen molar-refractivity contribution in [2.75, 3.05) is 27.2 Å². The van der Waals surface area contributed by atoms with Gasteiger partial charge in [0.25, 0.3) is 0 Å². The van der Waals surface area contributed by atoms with Gasteiger partial charge in [0.05, 0.1) is 12.0 Å². The quantitative estimate of drug-likeness (QED) is 0.297. The molecule has 0 saturated carbocycles. The highest BCUT2D eigenvalue weighted by Gasteiger charge is 2.30. The minimum Gasteiger partial charge on any atom is -0.497 e. The molecule has 214 valence electrons. The Labute approximate surface area is 238 Å². The maximum atomic E-state index is 13.8. The Morgan fingerprint density at radius 2 is 1.57 bits per heavy atom. The Balaban J connectivity index is 1.83. The summed E-state index contributed by atoms with van der Waals surface area (Å²) in [7, 11) is -0.571. The smallest absolute Gasteiger partial charge is 0.243 e. The van der Waals surface area contributed by atoms with Crippen molar-refractivity contribution in [2.45, 2.75) is 50.1 Å². The highest BCUT2D eigenvalue weighted by atomic mass is 32.2. The van der Waals surface area contributed by atoms with Gasteiger partial charge in [0.15, 0.2) is 0 Å². The summed E-state index contributed by atoms with van der Waals surface area (Å²) in [5, 5.41) is 2.96. The Morgan fingerprint density at radius 1 is 0.925 bits per heavy atom. The molecule has 0 bridgehead atoms. The number of nitrogens with one attached hydrogen (secondary N) is 1. The van der Waals surface area contributed by atoms with Crippen molar-refractivity contribution < 1.29 is 22.7 Å². The number of benzene rings is 3. The number of methoxy groups -OCH3 is 1. The van der Waals surface area contributed by atoms with Crippen molar-refractivity contribution in [2.24, 2.45) is 0 Å². The maximum Gasteiger partial charge on any atom is 0.243 e. The normalized spacial score (nSPS) is 12.1. The lowest BCUT2D eigenvalue weighted by molar-refractivity contribution is -0.141. The fourth-order valence-electron chi connectivity index (χ4n) is 4.38. The van der Waals surface area contributed by atoms with Crippen molar-refractivity contribution >= 4 is 21.8 Å². The number of ether oxygens (including phenoxy) is 1. The molecule has 1 atom stereocenters. The zero-order chi connectivity index (χ0) is 29.0. The van der Waals surface area contributed by atoms with Gasteiger partial charge in [0.2, 0.25) is 21.8 Å². The molecule has 0 radical (unpaired) electrons. The summed E-state index contributed by atoms with van der Waals surface area (Å²) in [6, 6.07) is 24.5. The van der Waals surface area contributed by atoms with E-state index in [1.165, 1.54) is 11.4 Å². The molecule has 0 spiro atoms. The summed E-state index contributed by atoms with van der Waals surface area (Å²) in [5.74, 6) is 0.222. The molecular formula is C31H39N3O5S. The topological polar surface area (TPSA) is 96.0 Å². The standard InChI is InChI=1S/C31H39N3O5S/c1-4-20-32-31(36)29(23-25-13-7-5-8-14-25)34(24-26-15-11-16-27(22-26)39-3)30(35)19-12-21-33(2)40(37,38)28-17-9-6-10-18-28/h5-11,13-18,22,29H,4,12,19-21,23-24H2,1-3H3,(H,32,36)/t29-/m1/s1. The van der Waals surface area contributed by atoms with Crippen LogP contribution < -0.4 is 10.1 Å². The summed E-state index contributed by atoms with van der Waals surface area (Å²) in [6.07, 6.45) is 1.53. The van der Waals surface area contributed by atoms with Gasteiger partial charge in [0.1, 0.15) is 11.8 Å². The second-order valence-electron chi connectivity index (χ2n) is 9.61. The molecule has 0 unspecified atom stereocenters. The van der Waals surface area contributed by atoms with Crippen molar-refractivity contribution in [1.29, 1.82) is 0 Å². The van der Waals surface area contributed by atoms with E-state index in [9.17, 15) is 18.0 Å². The molecule has 0 aromatic heterocycles. The lowest BCUT2D eigenvalue weighted by Crippen LogP contribution is -2.50. The minimum absolute atomic E-state index is 0.0883. The third kappa shape index (κ3) is 8.66. The molecule has 0 saturated heterocycles. The molecule has 3 rings (SSSR count). The fourth-order valence-corrected chi connectivity index (χ4v) is 5.61. The Hall–Kier alpha value is -3.69. The van der Waals surface area contributed by atoms with E-state index in [0.29, 0.717) is 25.1 Å². The van der Waals surface area contributed by atoms with E-state index in [2.05, 4.69) is 5.32 Å². The first-order valence-corrected chi connectivity index (χ1v) is 15.0. The van der Waals surface area contributed by atoms with Gasteiger partial charge in [-0.25, -0.2) is 12.7 Å². The van der Waals surface area contributed by atoms with Crippen LogP contribution in [0.3, 0.4) is 0 Å². The van der Waals surface area contributed by atoms with Crippen LogP contribution in [0.1, 0.15) is 37.3 Å². The molecule has 0 aliphatic heterocycles. The molecule has 2 amide bonds. The Morgan fingerprint density at radius 3 is 2.23 bits per heavy atom. The first-order chi connectivity index (χ1) is 19.3. The van der Waals surface area contributed by atoms with Gasteiger partial charge in [-0.1, -0.05) is 67.6 Å². The predicted octanol–water partition coefficient (Wildman–Crippen LogP) is 4.26. The summed E-state index contributed by atoms with van der Waals surface area (Å²) in [6.45, 7) is 2.87. The number of hydrogen-bond donors (Lipinski definition) is 1. The monoisotopic (exact) mass is 565 g/mol. The van der Waals surface area contributed by atoms with E-state index in [0.717, 1.165) is 17.5 Å². The molecule has 3 aromatic rings. The zero-order valence-corrected chi connectivity index (χ0v) is 24.3. The average molecular weight is 566 g/mol. The van der Waals surface area contributed by atoms with Gasteiger partial charge >= 0.3 is 0 Å². The summed E-state index contributed by atoms with van der Waals surface area (Å²) in [4.78, 5) is 29.0. The first kappa shape index (κ1) is 30.8. The van der Waals surface area contributed by atoms with Crippen LogP contribution in [0, 0.1) is 0 Å². The number of rotatable bonds is 15. The van der Waals surface area contributed by atoms with Crippen LogP contribution in [-0.2, 0) is 32.6 Å². The van der Waals surface area contributed by atoms with Crippen molar-refractivity contribution in [3.05, 3.63) is 96.1 Å². The van der Waals surface area contributed by atoms with Crippen LogP contribution >= 0.6 is 0 Å². The van der Waals surface area contributed by atoms with Crippen molar-refractivity contribution in [1.82, 2.24) is 14.5 Å². The van der Waals surface area contributed by atoms with Crippen LogP contribution in [0.2, 0.25) is 0 Å². The lowest BCUT2D eigenvalue weighted by Gasteiger charge is -2.32. The second kappa shape index (κ2) is 15.2. The molecule has 9 heteroatoms. The molecular weight excluding hydrogens is 526 g/mol. The van der Waals surface area contributed by atoms with Crippen LogP contribution in [-0.4, -0.2) is 62.7 Å². The number of hydrogen-bond acceptors (Lipinski definition) is 5. The molecule has 0 aliphatic carbocycles. The zero-order valence-electron chi connectivity index (χ0n) is 23.5. The molecule has 3 aromatic carbocycles. The van der Waals surface area contributed by atoms with E-state index < -0.39 is 16.1 Å². The summed E-state index contributed by atoms with van der Waals surface area (Å²) < 4.78 is 32.4. The van der Waals surface area contributed by atoms with Gasteiger partial charge < -0.3 is 15.0 Å². The SMILES string of the molecule is CCCNC(=O)[C@@H](Cc1ccccc1)N(Cc1cccc(OC)c1)C(=O)CCCN(C)S(=O)(=O)c1ccccc1. The summed E-state index contributed by atoms with van der Waals surface area (Å²) in [5.41, 5.74) is 1.77. The van der Waals surface area contributed by atoms with Gasteiger partial charge in [0, 0.05) is 39.5 Å². The minimum atomic E-state index is -3.66. The maximum absolute atomic E-state index is 13.8. The Kier molecular flexibility index (Phi) is 11.7. The number of amides is 2. The van der Waals surface area contributed by atoms with E-state index in [-0.39, 0.29) is 36.2 Å². The predicted molar refractivity (Wildman–Crippen MR) is 156 cm³/mol. The van der Waals surface area contributed by atoms with Gasteiger partial charge in [-0.2, -0.15) is 0 Å². The second-order valence-corrected chi connectivity index (χ2v) is 11.7. The van der Waals surface area contributed by atoms with E-state index in [1.807, 2.05) is 61.5 Å². The highest BCUT2D eigenvalue weighted by Crippen LogP contribution is 2.20. The summed E-state index contributed by atoms with van der Waals surface area (Å²) >= 11 is 0. The van der Waals surface area contributed by atoms with E-state index in [4.69, 9.17) is 4.74 Å². The number of carbonyl (C=O) groups excluding carboxylic acids is 2. The van der Waals surface area contributed by atoms with E-state index in [1.54, 1.807) is 42.3 Å². The number of carbonyl (C=O) groups is 2. The number of sulfonamides is 1. The largest absolute Gasteiger partial charge is 0.497 e. The Bertz CT molecular complexity index is 1330. The molecule has 8 nitrogen and oxygen atoms in total. The fraction of sp³-hybridized carbons (Fsp3) is 0.355. The number of nitrogens with zero attached hydrogens (tertiary/aromatic N) is 2. The average Bonchev–Trinajstić information content (AvgIpc) is 2.98. The van der Waals surface area contributed by atoms with Crippen LogP contribution in [0.25, 0.3) is 0 Å². The van der Waals surface area contributed by atoms with Gasteiger partial charge in [-0.3, -0.25) is 9.59 Å². The highest BCUT2D eigenvalue weighted by molar-refractivity contribution is 7.89. The third-order valence-corrected chi connectivity index (χ3v) is 8.49. The van der Waals surface area contributed by atoms with Crippen LogP contribution in [0.15, 0.2) is 89.8 Å². The van der Waals surface area contributed by atoms with Gasteiger partial charge in [-0.05, 0) is 48.2 Å². The molecule has 0 heterocycles. The molecule has 0 fully saturated rings. The van der Waals surface area contributed by atoms with E-state index >= 15 is 0 Å². The van der Waals surface area contributed by atoms with Crippen LogP contribution in [0.5, 0.6) is 5.75 Å². The lowest BCUT2D eigenvalue weighted by atomic mass is 10.0. The third-order valence-electron chi connectivity index (χ3n) is 6.62.